The van der Waals surface area contributed by atoms with Crippen LogP contribution in [0.1, 0.15) is 32.6 Å². The summed E-state index contributed by atoms with van der Waals surface area (Å²) in [5, 5.41) is 4.44. The topological polar surface area (TPSA) is 78.8 Å². The van der Waals surface area contributed by atoms with Gasteiger partial charge in [-0.2, -0.15) is 5.10 Å². The first kappa shape index (κ1) is 26.1. The first-order valence-corrected chi connectivity index (χ1v) is 13.4. The van der Waals surface area contributed by atoms with Crippen LogP contribution in [-0.2, 0) is 16.6 Å². The number of anilines is 1. The summed E-state index contributed by atoms with van der Waals surface area (Å²) in [5.41, 5.74) is 7.04. The zero-order valence-corrected chi connectivity index (χ0v) is 22.0. The summed E-state index contributed by atoms with van der Waals surface area (Å²) >= 11 is 6.17. The van der Waals surface area contributed by atoms with Crippen molar-refractivity contribution in [3.05, 3.63) is 130 Å². The van der Waals surface area contributed by atoms with Gasteiger partial charge in [-0.25, -0.2) is 13.8 Å². The normalized spacial score (nSPS) is 11.4. The number of sulfonamides is 1. The highest BCUT2D eigenvalue weighted by molar-refractivity contribution is 7.92. The number of amides is 1. The number of carbonyl (C=O) groups is 1. The maximum absolute atomic E-state index is 13.6. The molecule has 0 atom stereocenters. The maximum atomic E-state index is 13.6. The van der Waals surface area contributed by atoms with E-state index >= 15 is 0 Å². The number of benzene rings is 4. The van der Waals surface area contributed by atoms with Crippen LogP contribution in [0.4, 0.5) is 5.69 Å². The van der Waals surface area contributed by atoms with E-state index in [2.05, 4.69) is 10.5 Å². The summed E-state index contributed by atoms with van der Waals surface area (Å²) in [5.74, 6) is -0.367. The Morgan fingerprint density at radius 1 is 0.892 bits per heavy atom. The molecule has 0 aromatic heterocycles. The Morgan fingerprint density at radius 2 is 1.51 bits per heavy atom. The number of carbonyl (C=O) groups excluding carboxylic acids is 1. The molecule has 6 nitrogen and oxygen atoms in total. The minimum absolute atomic E-state index is 0.0596. The lowest BCUT2D eigenvalue weighted by Crippen LogP contribution is -2.30. The predicted octanol–water partition coefficient (Wildman–Crippen LogP) is 6.12. The highest BCUT2D eigenvalue weighted by Gasteiger charge is 2.25. The van der Waals surface area contributed by atoms with Gasteiger partial charge in [0.2, 0.25) is 0 Å². The number of halogens is 1. The Morgan fingerprint density at radius 3 is 2.14 bits per heavy atom. The van der Waals surface area contributed by atoms with Gasteiger partial charge in [-0.1, -0.05) is 77.3 Å². The largest absolute Gasteiger partial charge is 0.271 e. The van der Waals surface area contributed by atoms with Gasteiger partial charge >= 0.3 is 0 Å². The Hall–Kier alpha value is -3.94. The number of hydrogen-bond acceptors (Lipinski definition) is 4. The van der Waals surface area contributed by atoms with Gasteiger partial charge in [0.1, 0.15) is 0 Å². The fraction of sp³-hybridized carbons (Fsp3) is 0.103. The molecule has 0 bridgehead atoms. The van der Waals surface area contributed by atoms with Crippen LogP contribution >= 0.6 is 11.6 Å². The average molecular weight is 532 g/mol. The first-order chi connectivity index (χ1) is 17.7. The standard InChI is InChI=1S/C29H26ClN3O3S/c1-21-6-10-23(11-7-21)19-31-32-29(34)25-14-12-24(13-15-25)20-33(27-5-3-4-26(30)18-27)37(35,36)28-16-8-22(2)9-17-28/h3-19H,20H2,1-2H3,(H,32,34)/b31-19-. The van der Waals surface area contributed by atoms with Crippen LogP contribution in [0.15, 0.2) is 107 Å². The third-order valence-electron chi connectivity index (χ3n) is 5.70. The third kappa shape index (κ3) is 6.64. The van der Waals surface area contributed by atoms with Crippen LogP contribution in [0.25, 0.3) is 0 Å². The van der Waals surface area contributed by atoms with Crippen LogP contribution in [0.2, 0.25) is 5.02 Å². The van der Waals surface area contributed by atoms with Crippen LogP contribution in [-0.4, -0.2) is 20.5 Å². The number of aryl methyl sites for hydroxylation is 2. The van der Waals surface area contributed by atoms with Gasteiger partial charge in [0.05, 0.1) is 23.3 Å². The maximum Gasteiger partial charge on any atom is 0.271 e. The van der Waals surface area contributed by atoms with Gasteiger partial charge in [-0.05, 0) is 67.4 Å². The fourth-order valence-electron chi connectivity index (χ4n) is 3.59. The smallest absolute Gasteiger partial charge is 0.267 e. The van der Waals surface area contributed by atoms with Crippen molar-refractivity contribution < 1.29 is 13.2 Å². The highest BCUT2D eigenvalue weighted by atomic mass is 35.5. The molecule has 0 aliphatic heterocycles. The molecule has 8 heteroatoms. The Bertz CT molecular complexity index is 1520. The molecule has 0 saturated carbocycles. The van der Waals surface area contributed by atoms with Crippen LogP contribution in [0, 0.1) is 13.8 Å². The molecule has 0 saturated heterocycles. The SMILES string of the molecule is Cc1ccc(/C=N\NC(=O)c2ccc(CN(c3cccc(Cl)c3)S(=O)(=O)c3ccc(C)cc3)cc2)cc1. The predicted molar refractivity (Wildman–Crippen MR) is 149 cm³/mol. The second-order valence-electron chi connectivity index (χ2n) is 8.61. The number of nitrogens with zero attached hydrogens (tertiary/aromatic N) is 2. The van der Waals surface area contributed by atoms with E-state index in [1.807, 2.05) is 38.1 Å². The van der Waals surface area contributed by atoms with E-state index in [0.717, 1.165) is 16.7 Å². The van der Waals surface area contributed by atoms with Crippen molar-refractivity contribution >= 4 is 39.4 Å². The van der Waals surface area contributed by atoms with E-state index in [-0.39, 0.29) is 17.3 Å². The van der Waals surface area contributed by atoms with E-state index in [4.69, 9.17) is 11.6 Å². The lowest BCUT2D eigenvalue weighted by atomic mass is 10.1. The monoisotopic (exact) mass is 531 g/mol. The van der Waals surface area contributed by atoms with E-state index in [9.17, 15) is 13.2 Å². The van der Waals surface area contributed by atoms with Gasteiger partial charge in [0, 0.05) is 10.6 Å². The van der Waals surface area contributed by atoms with Crippen molar-refractivity contribution in [3.8, 4) is 0 Å². The molecule has 1 N–H and O–H groups in total. The lowest BCUT2D eigenvalue weighted by Gasteiger charge is -2.25. The highest BCUT2D eigenvalue weighted by Crippen LogP contribution is 2.28. The van der Waals surface area contributed by atoms with Crippen molar-refractivity contribution in [2.24, 2.45) is 5.10 Å². The molecule has 4 rings (SSSR count). The van der Waals surface area contributed by atoms with Crippen molar-refractivity contribution in [2.45, 2.75) is 25.3 Å². The second-order valence-corrected chi connectivity index (χ2v) is 10.9. The number of hydrazone groups is 1. The van der Waals surface area contributed by atoms with Crippen molar-refractivity contribution in [3.63, 3.8) is 0 Å². The van der Waals surface area contributed by atoms with E-state index < -0.39 is 10.0 Å². The minimum Gasteiger partial charge on any atom is -0.267 e. The van der Waals surface area contributed by atoms with Gasteiger partial charge in [-0.15, -0.1) is 0 Å². The Balaban J connectivity index is 1.53. The van der Waals surface area contributed by atoms with Gasteiger partial charge in [0.25, 0.3) is 15.9 Å². The summed E-state index contributed by atoms with van der Waals surface area (Å²) in [7, 11) is -3.88. The molecule has 4 aromatic carbocycles. The molecule has 0 unspecified atom stereocenters. The van der Waals surface area contributed by atoms with Crippen molar-refractivity contribution in [1.82, 2.24) is 5.43 Å². The molecule has 0 fully saturated rings. The summed E-state index contributed by atoms with van der Waals surface area (Å²) in [6.07, 6.45) is 1.57. The van der Waals surface area contributed by atoms with Crippen molar-refractivity contribution in [2.75, 3.05) is 4.31 Å². The zero-order valence-electron chi connectivity index (χ0n) is 20.4. The lowest BCUT2D eigenvalue weighted by molar-refractivity contribution is 0.0955. The third-order valence-corrected chi connectivity index (χ3v) is 7.73. The minimum atomic E-state index is -3.88. The summed E-state index contributed by atoms with van der Waals surface area (Å²) in [6.45, 7) is 3.96. The summed E-state index contributed by atoms with van der Waals surface area (Å²) < 4.78 is 28.5. The molecule has 0 aliphatic rings. The molecule has 1 amide bonds. The fourth-order valence-corrected chi connectivity index (χ4v) is 5.22. The molecule has 4 aromatic rings. The van der Waals surface area contributed by atoms with E-state index in [1.165, 1.54) is 4.31 Å². The Labute approximate surface area is 222 Å². The number of rotatable bonds is 8. The zero-order chi connectivity index (χ0) is 26.4. The molecule has 188 valence electrons. The number of nitrogens with one attached hydrogen (secondary N) is 1. The number of hydrogen-bond donors (Lipinski definition) is 1. The molecule has 0 heterocycles. The average Bonchev–Trinajstić information content (AvgIpc) is 2.89. The van der Waals surface area contributed by atoms with Crippen LogP contribution < -0.4 is 9.73 Å². The van der Waals surface area contributed by atoms with E-state index in [0.29, 0.717) is 21.8 Å². The molecular weight excluding hydrogens is 506 g/mol. The van der Waals surface area contributed by atoms with E-state index in [1.54, 1.807) is 79.0 Å². The van der Waals surface area contributed by atoms with Gasteiger partial charge in [0.15, 0.2) is 0 Å². The molecule has 37 heavy (non-hydrogen) atoms. The molecule has 0 radical (unpaired) electrons. The van der Waals surface area contributed by atoms with Crippen LogP contribution in [0.3, 0.4) is 0 Å². The Kier molecular flexibility index (Phi) is 8.06. The molecule has 0 aliphatic carbocycles. The first-order valence-electron chi connectivity index (χ1n) is 11.6. The van der Waals surface area contributed by atoms with Crippen molar-refractivity contribution in [1.29, 1.82) is 0 Å². The van der Waals surface area contributed by atoms with Gasteiger partial charge in [-0.3, -0.25) is 9.10 Å². The summed E-state index contributed by atoms with van der Waals surface area (Å²) in [6, 6.07) is 27.9. The molecular formula is C29H26ClN3O3S. The van der Waals surface area contributed by atoms with Gasteiger partial charge < -0.3 is 0 Å². The quantitative estimate of drug-likeness (QED) is 0.220. The van der Waals surface area contributed by atoms with Crippen LogP contribution in [0.5, 0.6) is 0 Å². The molecule has 0 spiro atoms. The second kappa shape index (κ2) is 11.4. The summed E-state index contributed by atoms with van der Waals surface area (Å²) in [4.78, 5) is 12.7.